The summed E-state index contributed by atoms with van der Waals surface area (Å²) < 4.78 is 34.3. The summed E-state index contributed by atoms with van der Waals surface area (Å²) in [6, 6.07) is 7.77. The Bertz CT molecular complexity index is 1130. The molecule has 4 aliphatic carbocycles. The highest BCUT2D eigenvalue weighted by molar-refractivity contribution is 5.32. The largest absolute Gasteiger partial charge is 0.497 e. The van der Waals surface area contributed by atoms with Crippen molar-refractivity contribution in [1.82, 2.24) is 0 Å². The summed E-state index contributed by atoms with van der Waals surface area (Å²) in [7, 11) is 1.66. The van der Waals surface area contributed by atoms with Crippen LogP contribution in [0.25, 0.3) is 0 Å². The first-order chi connectivity index (χ1) is 19.0. The third-order valence-electron chi connectivity index (χ3n) is 12.4. The second-order valence-electron chi connectivity index (χ2n) is 14.9. The first-order valence-electron chi connectivity index (χ1n) is 16.0. The van der Waals surface area contributed by atoms with Crippen LogP contribution in [0.4, 0.5) is 4.39 Å². The predicted molar refractivity (Wildman–Crippen MR) is 155 cm³/mol. The number of aliphatic hydroxyl groups excluding tert-OH is 1. The van der Waals surface area contributed by atoms with Gasteiger partial charge in [-0.3, -0.25) is 0 Å². The lowest BCUT2D eigenvalue weighted by molar-refractivity contribution is -0.154. The van der Waals surface area contributed by atoms with Gasteiger partial charge in [-0.05, 0) is 122 Å². The van der Waals surface area contributed by atoms with Crippen LogP contribution in [0, 0.1) is 40.4 Å². The Morgan fingerprint density at radius 2 is 1.75 bits per heavy atom. The molecule has 0 spiro atoms. The zero-order valence-corrected chi connectivity index (χ0v) is 25.5. The molecule has 5 heteroatoms. The monoisotopic (exact) mass is 554 g/mol. The number of allylic oxidation sites excluding steroid dienone is 2. The smallest absolute Gasteiger partial charge is 0.163 e. The molecule has 1 aliphatic heterocycles. The minimum absolute atomic E-state index is 0.0121. The molecule has 4 nitrogen and oxygen atoms in total. The molecule has 4 fully saturated rings. The quantitative estimate of drug-likeness (QED) is 0.367. The molecule has 0 radical (unpaired) electrons. The van der Waals surface area contributed by atoms with Gasteiger partial charge >= 0.3 is 0 Å². The van der Waals surface area contributed by atoms with Crippen molar-refractivity contribution in [3.63, 3.8) is 0 Å². The van der Waals surface area contributed by atoms with Crippen molar-refractivity contribution in [3.8, 4) is 5.75 Å². The molecule has 1 heterocycles. The molecular formula is C35H51FO4. The SMILES string of the molecule is COc1cccc(C(O)CCC[C@@H](C)[C@H]2CC[C@H]3C4=C(F)C[C@H]5[C@H]6OC(C)(C)O[C@H]6CC[C@]5(C)[C@H]4CC[C@]23C)c1. The summed E-state index contributed by atoms with van der Waals surface area (Å²) in [5, 5.41) is 10.8. The Labute approximate surface area is 241 Å². The van der Waals surface area contributed by atoms with E-state index < -0.39 is 11.9 Å². The number of benzene rings is 1. The standard InChI is InChI=1S/C35H51FO4/c1-21(9-7-12-29(37)22-10-8-11-23(19-22)38-6)24-13-14-25-31-26(15-17-34(24,25)4)35(5)18-16-30-32(27(35)20-28(31)36)40-33(2,3)39-30/h8,10-11,19,21,24-27,29-30,32,37H,7,9,12-18,20H2,1-6H3/t21-,24-,25+,26+,27+,29?,30+,32-,34-,35-/m1/s1. The van der Waals surface area contributed by atoms with E-state index in [4.69, 9.17) is 14.2 Å². The minimum Gasteiger partial charge on any atom is -0.497 e. The van der Waals surface area contributed by atoms with Crippen LogP contribution >= 0.6 is 0 Å². The third-order valence-corrected chi connectivity index (χ3v) is 12.4. The van der Waals surface area contributed by atoms with E-state index in [-0.39, 0.29) is 34.8 Å². The Balaban J connectivity index is 1.14. The molecule has 1 aromatic carbocycles. The van der Waals surface area contributed by atoms with E-state index in [0.29, 0.717) is 30.1 Å². The highest BCUT2D eigenvalue weighted by Gasteiger charge is 2.63. The van der Waals surface area contributed by atoms with Gasteiger partial charge in [-0.1, -0.05) is 45.7 Å². The molecule has 0 aromatic heterocycles. The Morgan fingerprint density at radius 1 is 1.00 bits per heavy atom. The first kappa shape index (κ1) is 28.7. The van der Waals surface area contributed by atoms with Gasteiger partial charge < -0.3 is 19.3 Å². The predicted octanol–water partition coefficient (Wildman–Crippen LogP) is 8.54. The van der Waals surface area contributed by atoms with Crippen molar-refractivity contribution in [2.24, 2.45) is 40.4 Å². The Morgan fingerprint density at radius 3 is 2.52 bits per heavy atom. The molecule has 3 saturated carbocycles. The maximum Gasteiger partial charge on any atom is 0.163 e. The molecule has 1 unspecified atom stereocenters. The fourth-order valence-electron chi connectivity index (χ4n) is 10.4. The van der Waals surface area contributed by atoms with Gasteiger partial charge in [0.25, 0.3) is 0 Å². The second kappa shape index (κ2) is 10.4. The summed E-state index contributed by atoms with van der Waals surface area (Å²) in [6.45, 7) is 11.4. The average Bonchev–Trinajstić information content (AvgIpc) is 3.44. The van der Waals surface area contributed by atoms with Crippen LogP contribution in [0.2, 0.25) is 0 Å². The zero-order valence-electron chi connectivity index (χ0n) is 25.5. The molecule has 10 atom stereocenters. The summed E-state index contributed by atoms with van der Waals surface area (Å²) in [5.74, 6) is 2.51. The van der Waals surface area contributed by atoms with Crippen LogP contribution in [0.5, 0.6) is 5.75 Å². The van der Waals surface area contributed by atoms with Crippen molar-refractivity contribution < 1.29 is 23.7 Å². The molecular weight excluding hydrogens is 503 g/mol. The summed E-state index contributed by atoms with van der Waals surface area (Å²) in [6.07, 6.45) is 9.79. The van der Waals surface area contributed by atoms with Crippen molar-refractivity contribution >= 4 is 0 Å². The molecule has 1 aromatic rings. The van der Waals surface area contributed by atoms with E-state index >= 15 is 4.39 Å². The van der Waals surface area contributed by atoms with Crippen LogP contribution < -0.4 is 4.74 Å². The lowest BCUT2D eigenvalue weighted by Crippen LogP contribution is -2.55. The third kappa shape index (κ3) is 4.67. The van der Waals surface area contributed by atoms with E-state index in [0.717, 1.165) is 56.3 Å². The summed E-state index contributed by atoms with van der Waals surface area (Å²) in [4.78, 5) is 0. The highest BCUT2D eigenvalue weighted by Crippen LogP contribution is 2.69. The number of ether oxygens (including phenoxy) is 3. The van der Waals surface area contributed by atoms with Crippen LogP contribution in [0.3, 0.4) is 0 Å². The van der Waals surface area contributed by atoms with Crippen LogP contribution in [0.1, 0.15) is 110 Å². The van der Waals surface area contributed by atoms with E-state index in [1.807, 2.05) is 38.1 Å². The Hall–Kier alpha value is -1.43. The van der Waals surface area contributed by atoms with Gasteiger partial charge in [-0.15, -0.1) is 0 Å². The second-order valence-corrected chi connectivity index (χ2v) is 14.9. The lowest BCUT2D eigenvalue weighted by atomic mass is 9.47. The van der Waals surface area contributed by atoms with Crippen molar-refractivity contribution in [2.45, 2.75) is 123 Å². The molecule has 40 heavy (non-hydrogen) atoms. The van der Waals surface area contributed by atoms with Gasteiger partial charge in [0.1, 0.15) is 11.6 Å². The van der Waals surface area contributed by atoms with E-state index in [2.05, 4.69) is 20.8 Å². The fraction of sp³-hybridized carbons (Fsp3) is 0.771. The number of rotatable bonds is 7. The first-order valence-corrected chi connectivity index (χ1v) is 16.0. The lowest BCUT2D eigenvalue weighted by Gasteiger charge is -2.58. The average molecular weight is 555 g/mol. The molecule has 222 valence electrons. The van der Waals surface area contributed by atoms with E-state index in [9.17, 15) is 5.11 Å². The number of hydrogen-bond donors (Lipinski definition) is 1. The van der Waals surface area contributed by atoms with Crippen molar-refractivity contribution in [1.29, 1.82) is 0 Å². The van der Waals surface area contributed by atoms with Gasteiger partial charge in [-0.25, -0.2) is 4.39 Å². The van der Waals surface area contributed by atoms with Gasteiger partial charge in [0, 0.05) is 6.42 Å². The topological polar surface area (TPSA) is 47.9 Å². The number of aliphatic hydroxyl groups is 1. The van der Waals surface area contributed by atoms with Crippen LogP contribution in [-0.2, 0) is 9.47 Å². The molecule has 0 bridgehead atoms. The maximum absolute atomic E-state index is 16.3. The van der Waals surface area contributed by atoms with Crippen molar-refractivity contribution in [3.05, 3.63) is 41.2 Å². The van der Waals surface area contributed by atoms with Gasteiger partial charge in [-0.2, -0.15) is 0 Å². The molecule has 1 N–H and O–H groups in total. The normalized spacial score (nSPS) is 41.5. The maximum atomic E-state index is 16.3. The fourth-order valence-corrected chi connectivity index (χ4v) is 10.4. The van der Waals surface area contributed by atoms with E-state index in [1.54, 1.807) is 7.11 Å². The van der Waals surface area contributed by atoms with Gasteiger partial charge in [0.05, 0.1) is 25.4 Å². The van der Waals surface area contributed by atoms with Crippen molar-refractivity contribution in [2.75, 3.05) is 7.11 Å². The molecule has 5 aliphatic rings. The minimum atomic E-state index is -0.564. The van der Waals surface area contributed by atoms with Crippen LogP contribution in [-0.4, -0.2) is 30.2 Å². The summed E-state index contributed by atoms with van der Waals surface area (Å²) in [5.41, 5.74) is 2.39. The number of halogens is 1. The zero-order chi connectivity index (χ0) is 28.4. The number of methoxy groups -OCH3 is 1. The van der Waals surface area contributed by atoms with Gasteiger partial charge in [0.15, 0.2) is 5.79 Å². The van der Waals surface area contributed by atoms with E-state index in [1.165, 1.54) is 18.4 Å². The number of hydrogen-bond acceptors (Lipinski definition) is 4. The Kier molecular flexibility index (Phi) is 7.44. The number of fused-ring (bicyclic) bond motifs is 7. The van der Waals surface area contributed by atoms with Gasteiger partial charge in [0.2, 0.25) is 0 Å². The van der Waals surface area contributed by atoms with Crippen LogP contribution in [0.15, 0.2) is 35.7 Å². The summed E-state index contributed by atoms with van der Waals surface area (Å²) >= 11 is 0. The molecule has 6 rings (SSSR count). The molecule has 1 saturated heterocycles. The highest BCUT2D eigenvalue weighted by atomic mass is 19.1. The molecule has 0 amide bonds.